The number of aromatic nitrogens is 3. The van der Waals surface area contributed by atoms with Crippen molar-refractivity contribution in [2.24, 2.45) is 0 Å². The third kappa shape index (κ3) is 3.99. The van der Waals surface area contributed by atoms with Crippen molar-refractivity contribution in [3.8, 4) is 11.4 Å². The highest BCUT2D eigenvalue weighted by molar-refractivity contribution is 6.53. The van der Waals surface area contributed by atoms with Gasteiger partial charge in [-0.1, -0.05) is 19.9 Å². The summed E-state index contributed by atoms with van der Waals surface area (Å²) in [6, 6.07) is 7.71. The van der Waals surface area contributed by atoms with Crippen molar-refractivity contribution in [3.63, 3.8) is 0 Å². The Hall–Kier alpha value is -1.99. The van der Waals surface area contributed by atoms with Crippen LogP contribution in [0.3, 0.4) is 0 Å². The topological polar surface area (TPSA) is 49.2 Å². The van der Waals surface area contributed by atoms with Crippen LogP contribution in [0.1, 0.15) is 53.2 Å². The van der Waals surface area contributed by atoms with E-state index in [0.29, 0.717) is 6.54 Å². The summed E-state index contributed by atoms with van der Waals surface area (Å²) in [5.41, 5.74) is 1.04. The molecule has 3 heterocycles. The predicted molar refractivity (Wildman–Crippen MR) is 105 cm³/mol. The van der Waals surface area contributed by atoms with Crippen LogP contribution in [-0.2, 0) is 15.9 Å². The fourth-order valence-electron chi connectivity index (χ4n) is 2.91. The molecule has 1 saturated heterocycles. The van der Waals surface area contributed by atoms with Gasteiger partial charge >= 0.3 is 7.12 Å². The average molecular weight is 371 g/mol. The van der Waals surface area contributed by atoms with Gasteiger partial charge in [0.1, 0.15) is 11.4 Å². The van der Waals surface area contributed by atoms with E-state index in [2.05, 4.69) is 23.9 Å². The van der Waals surface area contributed by atoms with E-state index in [1.807, 2.05) is 52.0 Å². The van der Waals surface area contributed by atoms with Gasteiger partial charge in [0.2, 0.25) is 0 Å². The van der Waals surface area contributed by atoms with Crippen molar-refractivity contribution >= 4 is 7.12 Å². The average Bonchev–Trinajstić information content (AvgIpc) is 3.12. The second-order valence-electron chi connectivity index (χ2n) is 8.18. The molecular formula is C20H27BFN3O2. The number of allylic oxidation sites excluding steroid dienone is 1. The lowest BCUT2D eigenvalue weighted by Gasteiger charge is -2.32. The van der Waals surface area contributed by atoms with Gasteiger partial charge in [0, 0.05) is 11.9 Å². The number of hydrogen-bond acceptors (Lipinski definition) is 4. The molecule has 1 fully saturated rings. The van der Waals surface area contributed by atoms with Crippen LogP contribution in [0.4, 0.5) is 4.39 Å². The van der Waals surface area contributed by atoms with Crippen molar-refractivity contribution in [2.45, 2.75) is 65.2 Å². The van der Waals surface area contributed by atoms with Crippen LogP contribution in [0.15, 0.2) is 42.3 Å². The Morgan fingerprint density at radius 3 is 2.41 bits per heavy atom. The van der Waals surface area contributed by atoms with Crippen molar-refractivity contribution in [2.75, 3.05) is 0 Å². The van der Waals surface area contributed by atoms with Crippen molar-refractivity contribution in [1.82, 2.24) is 14.8 Å². The van der Waals surface area contributed by atoms with Crippen LogP contribution in [0.2, 0.25) is 0 Å². The van der Waals surface area contributed by atoms with E-state index in [1.54, 1.807) is 10.9 Å². The molecule has 2 aromatic heterocycles. The molecule has 0 saturated carbocycles. The normalized spacial score (nSPS) is 19.1. The van der Waals surface area contributed by atoms with Gasteiger partial charge in [-0.25, -0.2) is 4.39 Å². The maximum absolute atomic E-state index is 14.7. The van der Waals surface area contributed by atoms with Crippen LogP contribution in [0.25, 0.3) is 11.4 Å². The molecule has 144 valence electrons. The first-order valence-corrected chi connectivity index (χ1v) is 9.31. The molecule has 7 heteroatoms. The van der Waals surface area contributed by atoms with Crippen LogP contribution in [-0.4, -0.2) is 33.1 Å². The molecular weight excluding hydrogens is 344 g/mol. The minimum absolute atomic E-state index is 0.253. The number of hydrogen-bond donors (Lipinski definition) is 0. The summed E-state index contributed by atoms with van der Waals surface area (Å²) >= 11 is 0. The molecule has 1 aliphatic heterocycles. The molecule has 0 radical (unpaired) electrons. The second-order valence-corrected chi connectivity index (χ2v) is 8.18. The quantitative estimate of drug-likeness (QED) is 0.724. The Balaban J connectivity index is 1.81. The molecule has 0 amide bonds. The van der Waals surface area contributed by atoms with E-state index in [-0.39, 0.29) is 5.92 Å². The molecule has 0 N–H and O–H groups in total. The van der Waals surface area contributed by atoms with Gasteiger partial charge in [0.05, 0.1) is 23.4 Å². The third-order valence-corrected chi connectivity index (χ3v) is 5.27. The fraction of sp³-hybridized carbons (Fsp3) is 0.500. The molecule has 0 unspecified atom stereocenters. The summed E-state index contributed by atoms with van der Waals surface area (Å²) in [6.07, 6.45) is 3.21. The SMILES string of the molecule is CC(C)c1cc(-c2ccccn2)nn1CC=C(F)B1OC(C)(C)C(C)(C)O1. The van der Waals surface area contributed by atoms with E-state index >= 15 is 0 Å². The monoisotopic (exact) mass is 371 g/mol. The predicted octanol–water partition coefficient (Wildman–Crippen LogP) is 4.55. The maximum atomic E-state index is 14.7. The fourth-order valence-corrected chi connectivity index (χ4v) is 2.91. The lowest BCUT2D eigenvalue weighted by molar-refractivity contribution is 0.00578. The van der Waals surface area contributed by atoms with Crippen molar-refractivity contribution < 1.29 is 13.7 Å². The van der Waals surface area contributed by atoms with Gasteiger partial charge in [-0.15, -0.1) is 0 Å². The summed E-state index contributed by atoms with van der Waals surface area (Å²) in [5, 5.41) is 4.62. The van der Waals surface area contributed by atoms with Crippen LogP contribution >= 0.6 is 0 Å². The third-order valence-electron chi connectivity index (χ3n) is 5.27. The Morgan fingerprint density at radius 2 is 1.85 bits per heavy atom. The maximum Gasteiger partial charge on any atom is 0.524 e. The van der Waals surface area contributed by atoms with Gasteiger partial charge in [-0.05, 0) is 57.9 Å². The molecule has 0 atom stereocenters. The van der Waals surface area contributed by atoms with E-state index < -0.39 is 24.0 Å². The smallest absolute Gasteiger partial charge is 0.398 e. The summed E-state index contributed by atoms with van der Waals surface area (Å²) in [5.74, 6) is 0.253. The summed E-state index contributed by atoms with van der Waals surface area (Å²) in [4.78, 5) is 4.35. The summed E-state index contributed by atoms with van der Waals surface area (Å²) in [7, 11) is -0.983. The van der Waals surface area contributed by atoms with E-state index in [4.69, 9.17) is 9.31 Å². The lowest BCUT2D eigenvalue weighted by atomic mass is 9.88. The second kappa shape index (κ2) is 7.21. The minimum Gasteiger partial charge on any atom is -0.398 e. The van der Waals surface area contributed by atoms with Gasteiger partial charge in [-0.2, -0.15) is 5.10 Å². The zero-order chi connectivity index (χ0) is 19.8. The molecule has 0 bridgehead atoms. The molecule has 5 nitrogen and oxygen atoms in total. The Bertz CT molecular complexity index is 815. The number of halogens is 1. The molecule has 27 heavy (non-hydrogen) atoms. The highest BCUT2D eigenvalue weighted by Crippen LogP contribution is 2.38. The first-order chi connectivity index (χ1) is 12.6. The van der Waals surface area contributed by atoms with Crippen LogP contribution in [0, 0.1) is 0 Å². The standard InChI is InChI=1S/C20H27BFN3O2/c1-14(2)17-13-16(15-9-7-8-11-23-15)24-25(17)12-10-18(22)21-26-19(3,4)20(5,6)27-21/h7-11,13-14H,12H2,1-6H3. The first kappa shape index (κ1) is 19.8. The molecule has 1 aliphatic rings. The zero-order valence-electron chi connectivity index (χ0n) is 16.9. The van der Waals surface area contributed by atoms with Crippen molar-refractivity contribution in [1.29, 1.82) is 0 Å². The molecule has 0 aliphatic carbocycles. The highest BCUT2D eigenvalue weighted by atomic mass is 19.1. The Morgan fingerprint density at radius 1 is 1.19 bits per heavy atom. The molecule has 0 aromatic carbocycles. The van der Waals surface area contributed by atoms with Crippen LogP contribution < -0.4 is 0 Å². The zero-order valence-corrected chi connectivity index (χ0v) is 16.9. The van der Waals surface area contributed by atoms with Gasteiger partial charge in [-0.3, -0.25) is 9.67 Å². The summed E-state index contributed by atoms with van der Waals surface area (Å²) in [6.45, 7) is 12.1. The minimum atomic E-state index is -0.983. The van der Waals surface area contributed by atoms with E-state index in [0.717, 1.165) is 17.1 Å². The first-order valence-electron chi connectivity index (χ1n) is 9.31. The molecule has 0 spiro atoms. The molecule has 3 rings (SSSR count). The summed E-state index contributed by atoms with van der Waals surface area (Å²) < 4.78 is 28.0. The van der Waals surface area contributed by atoms with E-state index in [1.165, 1.54) is 6.08 Å². The largest absolute Gasteiger partial charge is 0.524 e. The highest BCUT2D eigenvalue weighted by Gasteiger charge is 2.52. The Kier molecular flexibility index (Phi) is 5.28. The van der Waals surface area contributed by atoms with Gasteiger partial charge < -0.3 is 9.31 Å². The van der Waals surface area contributed by atoms with Crippen molar-refractivity contribution in [3.05, 3.63) is 48.0 Å². The van der Waals surface area contributed by atoms with Crippen LogP contribution in [0.5, 0.6) is 0 Å². The van der Waals surface area contributed by atoms with E-state index in [9.17, 15) is 4.39 Å². The van der Waals surface area contributed by atoms with Gasteiger partial charge in [0.15, 0.2) is 0 Å². The number of nitrogens with zero attached hydrogens (tertiary/aromatic N) is 3. The van der Waals surface area contributed by atoms with Gasteiger partial charge in [0.25, 0.3) is 0 Å². The number of rotatable bonds is 5. The lowest BCUT2D eigenvalue weighted by Crippen LogP contribution is -2.41. The molecule has 2 aromatic rings. The Labute approximate surface area is 160 Å². The number of pyridine rings is 1.